The van der Waals surface area contributed by atoms with E-state index in [0.29, 0.717) is 5.54 Å². The van der Waals surface area contributed by atoms with Crippen LogP contribution in [-0.2, 0) is 6.54 Å². The average Bonchev–Trinajstić information content (AvgIpc) is 3.07. The summed E-state index contributed by atoms with van der Waals surface area (Å²) in [5.74, 6) is 0.869. The number of rotatable bonds is 3. The van der Waals surface area contributed by atoms with Gasteiger partial charge in [0.1, 0.15) is 0 Å². The number of halogens is 1. The number of aromatic nitrogens is 1. The first-order valence-electron chi connectivity index (χ1n) is 8.83. The van der Waals surface area contributed by atoms with Crippen LogP contribution in [0, 0.1) is 0 Å². The Morgan fingerprint density at radius 3 is 2.71 bits per heavy atom. The fourth-order valence-corrected chi connectivity index (χ4v) is 4.15. The average molecular weight is 348 g/mol. The van der Waals surface area contributed by atoms with Gasteiger partial charge >= 0.3 is 0 Å². The predicted octanol–water partition coefficient (Wildman–Crippen LogP) is 3.87. The fraction of sp³-hybridized carbons (Fsp3) is 0.526. The van der Waals surface area contributed by atoms with Crippen LogP contribution < -0.4 is 5.32 Å². The van der Waals surface area contributed by atoms with Crippen molar-refractivity contribution in [1.29, 1.82) is 0 Å². The van der Waals surface area contributed by atoms with E-state index in [2.05, 4.69) is 33.6 Å². The van der Waals surface area contributed by atoms with E-state index in [4.69, 9.17) is 4.52 Å². The zero-order valence-corrected chi connectivity index (χ0v) is 14.9. The summed E-state index contributed by atoms with van der Waals surface area (Å²) in [5.41, 5.74) is 2.48. The minimum Gasteiger partial charge on any atom is -0.356 e. The number of nitrogens with one attached hydrogen (secondary N) is 1. The van der Waals surface area contributed by atoms with Gasteiger partial charge in [-0.25, -0.2) is 0 Å². The van der Waals surface area contributed by atoms with Gasteiger partial charge in [0.05, 0.1) is 5.69 Å². The van der Waals surface area contributed by atoms with Gasteiger partial charge in [-0.15, -0.1) is 12.4 Å². The van der Waals surface area contributed by atoms with Crippen molar-refractivity contribution in [2.24, 2.45) is 0 Å². The van der Waals surface area contributed by atoms with Crippen LogP contribution in [-0.4, -0.2) is 35.2 Å². The maximum Gasteiger partial charge on any atom is 0.167 e. The lowest BCUT2D eigenvalue weighted by Crippen LogP contribution is -2.61. The number of piperazine rings is 1. The van der Waals surface area contributed by atoms with E-state index < -0.39 is 0 Å². The van der Waals surface area contributed by atoms with E-state index in [0.717, 1.165) is 43.2 Å². The molecule has 2 fully saturated rings. The second kappa shape index (κ2) is 7.68. The molecule has 0 bridgehead atoms. The summed E-state index contributed by atoms with van der Waals surface area (Å²) in [5, 5.41) is 7.93. The van der Waals surface area contributed by atoms with Crippen molar-refractivity contribution < 1.29 is 4.52 Å². The third kappa shape index (κ3) is 3.51. The van der Waals surface area contributed by atoms with Crippen molar-refractivity contribution in [2.45, 2.75) is 44.2 Å². The highest BCUT2D eigenvalue weighted by molar-refractivity contribution is 5.85. The summed E-state index contributed by atoms with van der Waals surface area (Å²) in [6.07, 6.45) is 6.71. The van der Waals surface area contributed by atoms with Crippen molar-refractivity contribution in [1.82, 2.24) is 15.4 Å². The molecule has 2 aromatic rings. The number of hydrogen-bond acceptors (Lipinski definition) is 4. The molecule has 0 radical (unpaired) electrons. The topological polar surface area (TPSA) is 41.3 Å². The van der Waals surface area contributed by atoms with E-state index >= 15 is 0 Å². The Balaban J connectivity index is 0.00000169. The Hall–Kier alpha value is -1.36. The van der Waals surface area contributed by atoms with E-state index in [1.807, 2.05) is 18.2 Å². The molecule has 1 saturated carbocycles. The summed E-state index contributed by atoms with van der Waals surface area (Å²) in [6, 6.07) is 12.3. The van der Waals surface area contributed by atoms with E-state index in [1.54, 1.807) is 0 Å². The lowest BCUT2D eigenvalue weighted by atomic mass is 9.79. The lowest BCUT2D eigenvalue weighted by Gasteiger charge is -2.49. The Labute approximate surface area is 150 Å². The zero-order valence-electron chi connectivity index (χ0n) is 14.0. The Kier molecular flexibility index (Phi) is 5.59. The van der Waals surface area contributed by atoms with Gasteiger partial charge in [-0.1, -0.05) is 54.8 Å². The zero-order chi connectivity index (χ0) is 15.5. The second-order valence-electron chi connectivity index (χ2n) is 6.93. The lowest BCUT2D eigenvalue weighted by molar-refractivity contribution is 0.0193. The van der Waals surface area contributed by atoms with Crippen LogP contribution >= 0.6 is 12.4 Å². The first-order valence-corrected chi connectivity index (χ1v) is 8.83. The highest BCUT2D eigenvalue weighted by Gasteiger charge is 2.39. The van der Waals surface area contributed by atoms with E-state index in [1.165, 1.54) is 32.1 Å². The molecule has 1 aliphatic carbocycles. The van der Waals surface area contributed by atoms with Gasteiger partial charge in [0, 0.05) is 43.3 Å². The molecule has 5 heteroatoms. The van der Waals surface area contributed by atoms with Gasteiger partial charge in [0.15, 0.2) is 5.76 Å². The van der Waals surface area contributed by atoms with Crippen LogP contribution in [0.5, 0.6) is 0 Å². The SMILES string of the molecule is Cl.c1ccc(-c2cc(CN3CCNCC34CCCCC4)no2)cc1. The molecule has 2 heterocycles. The molecule has 130 valence electrons. The van der Waals surface area contributed by atoms with Gasteiger partial charge in [-0.2, -0.15) is 0 Å². The fourth-order valence-electron chi connectivity index (χ4n) is 4.15. The van der Waals surface area contributed by atoms with Crippen LogP contribution in [0.25, 0.3) is 11.3 Å². The second-order valence-corrected chi connectivity index (χ2v) is 6.93. The summed E-state index contributed by atoms with van der Waals surface area (Å²) in [6.45, 7) is 4.20. The molecule has 1 aliphatic heterocycles. The molecular weight excluding hydrogens is 322 g/mol. The van der Waals surface area contributed by atoms with Gasteiger partial charge in [0.2, 0.25) is 0 Å². The smallest absolute Gasteiger partial charge is 0.167 e. The third-order valence-electron chi connectivity index (χ3n) is 5.44. The molecule has 1 spiro atoms. The van der Waals surface area contributed by atoms with Crippen LogP contribution in [0.15, 0.2) is 40.9 Å². The standard InChI is InChI=1S/C19H25N3O.ClH/c1-3-7-16(8-4-1)18-13-17(21-23-18)14-22-12-11-20-15-19(22)9-5-2-6-10-19;/h1,3-4,7-8,13,20H,2,5-6,9-12,14-15H2;1H. The monoisotopic (exact) mass is 347 g/mol. The largest absolute Gasteiger partial charge is 0.356 e. The first-order chi connectivity index (χ1) is 11.4. The van der Waals surface area contributed by atoms with Crippen molar-refractivity contribution >= 4 is 12.4 Å². The summed E-state index contributed by atoms with van der Waals surface area (Å²) in [7, 11) is 0. The first kappa shape index (κ1) is 17.5. The molecule has 1 aromatic heterocycles. The maximum atomic E-state index is 5.58. The van der Waals surface area contributed by atoms with Crippen LogP contribution in [0.2, 0.25) is 0 Å². The van der Waals surface area contributed by atoms with Gasteiger partial charge in [0.25, 0.3) is 0 Å². The van der Waals surface area contributed by atoms with Crippen LogP contribution in [0.3, 0.4) is 0 Å². The minimum atomic E-state index is 0. The quantitative estimate of drug-likeness (QED) is 0.915. The van der Waals surface area contributed by atoms with Crippen molar-refractivity contribution in [3.8, 4) is 11.3 Å². The van der Waals surface area contributed by atoms with Crippen LogP contribution in [0.4, 0.5) is 0 Å². The third-order valence-corrected chi connectivity index (χ3v) is 5.44. The van der Waals surface area contributed by atoms with Crippen molar-refractivity contribution in [3.05, 3.63) is 42.1 Å². The summed E-state index contributed by atoms with van der Waals surface area (Å²) in [4.78, 5) is 2.65. The van der Waals surface area contributed by atoms with E-state index in [-0.39, 0.29) is 12.4 Å². The van der Waals surface area contributed by atoms with Gasteiger partial charge < -0.3 is 9.84 Å². The minimum absolute atomic E-state index is 0. The van der Waals surface area contributed by atoms with Crippen molar-refractivity contribution in [3.63, 3.8) is 0 Å². The molecule has 0 atom stereocenters. The highest BCUT2D eigenvalue weighted by Crippen LogP contribution is 2.35. The van der Waals surface area contributed by atoms with Crippen LogP contribution in [0.1, 0.15) is 37.8 Å². The molecule has 1 saturated heterocycles. The molecule has 0 unspecified atom stereocenters. The highest BCUT2D eigenvalue weighted by atomic mass is 35.5. The molecule has 4 rings (SSSR count). The molecule has 1 N–H and O–H groups in total. The number of nitrogens with zero attached hydrogens (tertiary/aromatic N) is 2. The molecule has 0 amide bonds. The molecule has 24 heavy (non-hydrogen) atoms. The van der Waals surface area contributed by atoms with Crippen molar-refractivity contribution in [2.75, 3.05) is 19.6 Å². The number of benzene rings is 1. The maximum absolute atomic E-state index is 5.58. The van der Waals surface area contributed by atoms with E-state index in [9.17, 15) is 0 Å². The Bertz CT molecular complexity index is 629. The molecule has 4 nitrogen and oxygen atoms in total. The molecule has 1 aromatic carbocycles. The molecule has 2 aliphatic rings. The molecular formula is C19H26ClN3O. The predicted molar refractivity (Wildman–Crippen MR) is 98.3 cm³/mol. The number of hydrogen-bond donors (Lipinski definition) is 1. The Morgan fingerprint density at radius 2 is 1.92 bits per heavy atom. The Morgan fingerprint density at radius 1 is 1.12 bits per heavy atom. The van der Waals surface area contributed by atoms with Gasteiger partial charge in [-0.05, 0) is 12.8 Å². The summed E-state index contributed by atoms with van der Waals surface area (Å²) < 4.78 is 5.58. The van der Waals surface area contributed by atoms with Gasteiger partial charge in [-0.3, -0.25) is 4.90 Å². The normalized spacial score (nSPS) is 20.7. The summed E-state index contributed by atoms with van der Waals surface area (Å²) >= 11 is 0.